The number of nitrogens with one attached hydrogen (secondary N) is 2. The van der Waals surface area contributed by atoms with Crippen LogP contribution in [0.25, 0.3) is 0 Å². The van der Waals surface area contributed by atoms with Crippen LogP contribution < -0.4 is 15.5 Å². The zero-order chi connectivity index (χ0) is 17.5. The molecule has 0 atom stereocenters. The summed E-state index contributed by atoms with van der Waals surface area (Å²) in [6.07, 6.45) is 5.43. The molecule has 1 fully saturated rings. The summed E-state index contributed by atoms with van der Waals surface area (Å²) in [5.74, 6) is 0.191. The molecule has 0 spiro atoms. The highest BCUT2D eigenvalue weighted by atomic mass is 16.3. The summed E-state index contributed by atoms with van der Waals surface area (Å²) in [5, 5.41) is 14.8. The highest BCUT2D eigenvalue weighted by Crippen LogP contribution is 2.22. The van der Waals surface area contributed by atoms with Crippen LogP contribution in [0.3, 0.4) is 0 Å². The van der Waals surface area contributed by atoms with Gasteiger partial charge >= 0.3 is 0 Å². The first-order chi connectivity index (χ1) is 12.3. The fourth-order valence-electron chi connectivity index (χ4n) is 2.72. The molecule has 1 aromatic carbocycles. The Morgan fingerprint density at radius 1 is 1.24 bits per heavy atom. The average Bonchev–Trinajstić information content (AvgIpc) is 3.35. The van der Waals surface area contributed by atoms with Crippen molar-refractivity contribution in [3.05, 3.63) is 60.2 Å². The number of anilines is 2. The number of nitrogens with zero attached hydrogens (tertiary/aromatic N) is 2. The average molecular weight is 336 g/mol. The molecule has 1 saturated heterocycles. The van der Waals surface area contributed by atoms with Gasteiger partial charge in [0.05, 0.1) is 12.8 Å². The molecule has 25 heavy (non-hydrogen) atoms. The quantitative estimate of drug-likeness (QED) is 0.626. The lowest BCUT2D eigenvalue weighted by molar-refractivity contribution is -0.117. The van der Waals surface area contributed by atoms with E-state index in [1.54, 1.807) is 12.1 Å². The van der Waals surface area contributed by atoms with Crippen LogP contribution in [0.4, 0.5) is 11.4 Å². The van der Waals surface area contributed by atoms with Gasteiger partial charge in [-0.1, -0.05) is 0 Å². The molecule has 0 radical (unpaired) electrons. The smallest absolute Gasteiger partial charge is 0.263 e. The molecular weight excluding hydrogens is 316 g/mol. The van der Waals surface area contributed by atoms with Gasteiger partial charge in [0.15, 0.2) is 0 Å². The zero-order valence-corrected chi connectivity index (χ0v) is 13.9. The third-order valence-corrected chi connectivity index (χ3v) is 4.09. The molecule has 2 N–H and O–H groups in total. The van der Waals surface area contributed by atoms with Crippen LogP contribution in [0.2, 0.25) is 0 Å². The number of carbonyl (C=O) groups is 1. The van der Waals surface area contributed by atoms with Crippen molar-refractivity contribution in [3.63, 3.8) is 0 Å². The lowest BCUT2D eigenvalue weighted by Crippen LogP contribution is -2.24. The zero-order valence-electron chi connectivity index (χ0n) is 13.9. The van der Waals surface area contributed by atoms with E-state index in [-0.39, 0.29) is 12.1 Å². The minimum Gasteiger partial charge on any atom is -0.467 e. The normalized spacial score (nSPS) is 14.2. The molecule has 6 heteroatoms. The van der Waals surface area contributed by atoms with Crippen LogP contribution >= 0.6 is 0 Å². The summed E-state index contributed by atoms with van der Waals surface area (Å²) < 4.78 is 5.14. The molecule has 0 saturated carbocycles. The minimum atomic E-state index is -0.444. The van der Waals surface area contributed by atoms with Crippen LogP contribution in [0.15, 0.2) is 58.9 Å². The maximum atomic E-state index is 12.0. The number of amides is 1. The molecule has 3 rings (SSSR count). The van der Waals surface area contributed by atoms with E-state index in [9.17, 15) is 10.1 Å². The number of rotatable bonds is 6. The second kappa shape index (κ2) is 8.06. The van der Waals surface area contributed by atoms with Gasteiger partial charge in [-0.05, 0) is 49.2 Å². The van der Waals surface area contributed by atoms with E-state index in [1.807, 2.05) is 30.3 Å². The van der Waals surface area contributed by atoms with Crippen molar-refractivity contribution in [1.29, 1.82) is 5.26 Å². The van der Waals surface area contributed by atoms with Crippen molar-refractivity contribution in [3.8, 4) is 6.07 Å². The first-order valence-corrected chi connectivity index (χ1v) is 8.28. The van der Waals surface area contributed by atoms with Crippen molar-refractivity contribution < 1.29 is 9.21 Å². The van der Waals surface area contributed by atoms with Gasteiger partial charge in [-0.25, -0.2) is 0 Å². The standard InChI is InChI=1S/C19H20N4O2/c20-12-15(19(24)22-14-18-4-3-11-25-18)13-21-16-5-7-17(8-6-16)23-9-1-2-10-23/h3-8,11,13,21H,1-2,9-10,14H2,(H,22,24). The van der Waals surface area contributed by atoms with E-state index < -0.39 is 5.91 Å². The van der Waals surface area contributed by atoms with Crippen LogP contribution in [-0.2, 0) is 11.3 Å². The number of carbonyl (C=O) groups excluding carboxylic acids is 1. The first kappa shape index (κ1) is 16.7. The first-order valence-electron chi connectivity index (χ1n) is 8.28. The van der Waals surface area contributed by atoms with Gasteiger partial charge in [-0.15, -0.1) is 0 Å². The van der Waals surface area contributed by atoms with Crippen molar-refractivity contribution in [1.82, 2.24) is 5.32 Å². The van der Waals surface area contributed by atoms with E-state index in [4.69, 9.17) is 4.42 Å². The molecule has 0 aliphatic carbocycles. The Hall–Kier alpha value is -3.20. The topological polar surface area (TPSA) is 81.3 Å². The SMILES string of the molecule is N#CC(=CNc1ccc(N2CCCC2)cc1)C(=O)NCc1ccco1. The Kier molecular flexibility index (Phi) is 5.37. The molecular formula is C19H20N4O2. The van der Waals surface area contributed by atoms with Gasteiger partial charge in [0.1, 0.15) is 17.4 Å². The third-order valence-electron chi connectivity index (χ3n) is 4.09. The van der Waals surface area contributed by atoms with Crippen LogP contribution in [0.1, 0.15) is 18.6 Å². The number of hydrogen-bond donors (Lipinski definition) is 2. The van der Waals surface area contributed by atoms with Crippen molar-refractivity contribution in [2.45, 2.75) is 19.4 Å². The van der Waals surface area contributed by atoms with Gasteiger partial charge in [-0.2, -0.15) is 5.26 Å². The molecule has 1 amide bonds. The minimum absolute atomic E-state index is 0.00942. The van der Waals surface area contributed by atoms with Crippen molar-refractivity contribution in [2.75, 3.05) is 23.3 Å². The predicted molar refractivity (Wildman–Crippen MR) is 95.8 cm³/mol. The molecule has 0 bridgehead atoms. The molecule has 2 aromatic rings. The second-order valence-corrected chi connectivity index (χ2v) is 5.82. The molecule has 128 valence electrons. The predicted octanol–water partition coefficient (Wildman–Crippen LogP) is 3.02. The molecule has 2 heterocycles. The van der Waals surface area contributed by atoms with Gasteiger partial charge in [0.2, 0.25) is 0 Å². The fourth-order valence-corrected chi connectivity index (χ4v) is 2.72. The summed E-state index contributed by atoms with van der Waals surface area (Å²) in [7, 11) is 0. The van der Waals surface area contributed by atoms with Crippen LogP contribution in [0.5, 0.6) is 0 Å². The van der Waals surface area contributed by atoms with E-state index in [1.165, 1.54) is 31.0 Å². The van der Waals surface area contributed by atoms with Gasteiger partial charge in [-0.3, -0.25) is 4.79 Å². The van der Waals surface area contributed by atoms with Gasteiger partial charge in [0.25, 0.3) is 5.91 Å². The largest absolute Gasteiger partial charge is 0.467 e. The summed E-state index contributed by atoms with van der Waals surface area (Å²) in [4.78, 5) is 14.4. The fraction of sp³-hybridized carbons (Fsp3) is 0.263. The lowest BCUT2D eigenvalue weighted by atomic mass is 10.2. The lowest BCUT2D eigenvalue weighted by Gasteiger charge is -2.17. The van der Waals surface area contributed by atoms with E-state index in [0.717, 1.165) is 18.8 Å². The van der Waals surface area contributed by atoms with Crippen molar-refractivity contribution >= 4 is 17.3 Å². The molecule has 0 unspecified atom stereocenters. The highest BCUT2D eigenvalue weighted by molar-refractivity contribution is 5.97. The Labute approximate surface area is 146 Å². The Morgan fingerprint density at radius 2 is 2.00 bits per heavy atom. The van der Waals surface area contributed by atoms with E-state index in [2.05, 4.69) is 15.5 Å². The van der Waals surface area contributed by atoms with Gasteiger partial charge < -0.3 is 20.0 Å². The van der Waals surface area contributed by atoms with E-state index in [0.29, 0.717) is 5.76 Å². The van der Waals surface area contributed by atoms with Crippen LogP contribution in [0, 0.1) is 11.3 Å². The second-order valence-electron chi connectivity index (χ2n) is 5.82. The Bertz CT molecular complexity index is 767. The van der Waals surface area contributed by atoms with E-state index >= 15 is 0 Å². The number of furan rings is 1. The summed E-state index contributed by atoms with van der Waals surface area (Å²) in [6.45, 7) is 2.44. The Morgan fingerprint density at radius 3 is 2.64 bits per heavy atom. The maximum Gasteiger partial charge on any atom is 0.263 e. The summed E-state index contributed by atoms with van der Waals surface area (Å²) in [5.41, 5.74) is 2.04. The number of hydrogen-bond acceptors (Lipinski definition) is 5. The monoisotopic (exact) mass is 336 g/mol. The number of nitriles is 1. The third kappa shape index (κ3) is 4.42. The maximum absolute atomic E-state index is 12.0. The molecule has 6 nitrogen and oxygen atoms in total. The summed E-state index contributed by atoms with van der Waals surface area (Å²) in [6, 6.07) is 13.4. The summed E-state index contributed by atoms with van der Waals surface area (Å²) >= 11 is 0. The molecule has 1 aromatic heterocycles. The van der Waals surface area contributed by atoms with Gasteiger partial charge in [0, 0.05) is 30.7 Å². The highest BCUT2D eigenvalue weighted by Gasteiger charge is 2.12. The molecule has 1 aliphatic rings. The van der Waals surface area contributed by atoms with Crippen molar-refractivity contribution in [2.24, 2.45) is 0 Å². The van der Waals surface area contributed by atoms with Crippen LogP contribution in [-0.4, -0.2) is 19.0 Å². The Balaban J connectivity index is 1.56. The molecule has 1 aliphatic heterocycles. The number of benzene rings is 1.